The van der Waals surface area contributed by atoms with Crippen LogP contribution < -0.4 is 5.32 Å². The van der Waals surface area contributed by atoms with Gasteiger partial charge in [-0.25, -0.2) is 4.98 Å². The largest absolute Gasteiger partial charge is 0.447 e. The van der Waals surface area contributed by atoms with Crippen LogP contribution >= 0.6 is 0 Å². The molecular weight excluding hydrogens is 276 g/mol. The zero-order valence-electron chi connectivity index (χ0n) is 12.8. The number of nitrogens with one attached hydrogen (secondary N) is 1. The minimum atomic E-state index is -0.0741. The van der Waals surface area contributed by atoms with Gasteiger partial charge >= 0.3 is 0 Å². The lowest BCUT2D eigenvalue weighted by Gasteiger charge is -2.05. The Hall–Kier alpha value is -1.91. The van der Waals surface area contributed by atoms with Gasteiger partial charge in [0.05, 0.1) is 13.2 Å². The van der Waals surface area contributed by atoms with E-state index in [1.165, 1.54) is 23.8 Å². The first kappa shape index (κ1) is 15.0. The predicted molar refractivity (Wildman–Crippen MR) is 85.9 cm³/mol. The van der Waals surface area contributed by atoms with E-state index in [1.807, 2.05) is 6.07 Å². The summed E-state index contributed by atoms with van der Waals surface area (Å²) in [5.41, 5.74) is 3.35. The van der Waals surface area contributed by atoms with Crippen LogP contribution in [0.5, 0.6) is 0 Å². The van der Waals surface area contributed by atoms with Gasteiger partial charge in [0.1, 0.15) is 12.0 Å². The summed E-state index contributed by atoms with van der Waals surface area (Å²) in [7, 11) is 0. The molecule has 1 fully saturated rings. The molecule has 2 atom stereocenters. The molecule has 0 amide bonds. The van der Waals surface area contributed by atoms with Gasteiger partial charge in [0.25, 0.3) is 0 Å². The van der Waals surface area contributed by atoms with Gasteiger partial charge < -0.3 is 14.8 Å². The summed E-state index contributed by atoms with van der Waals surface area (Å²) < 4.78 is 5.30. The molecule has 2 aromatic rings. The highest BCUT2D eigenvalue weighted by molar-refractivity contribution is 5.54. The fraction of sp³-hybridized carbons (Fsp3) is 0.389. The van der Waals surface area contributed by atoms with Gasteiger partial charge in [-0.15, -0.1) is 0 Å². The second-order valence-corrected chi connectivity index (χ2v) is 5.70. The first-order chi connectivity index (χ1) is 10.8. The van der Waals surface area contributed by atoms with Crippen molar-refractivity contribution < 1.29 is 9.52 Å². The van der Waals surface area contributed by atoms with Crippen LogP contribution in [0, 0.1) is 5.92 Å². The molecule has 0 radical (unpaired) electrons. The Bertz CT molecular complexity index is 634. The molecule has 1 heterocycles. The average Bonchev–Trinajstić information content (AvgIpc) is 3.18. The minimum absolute atomic E-state index is 0.0741. The van der Waals surface area contributed by atoms with Gasteiger partial charge in [-0.3, -0.25) is 0 Å². The lowest BCUT2D eigenvalue weighted by Crippen LogP contribution is -2.18. The highest BCUT2D eigenvalue weighted by atomic mass is 16.3. The van der Waals surface area contributed by atoms with Crippen molar-refractivity contribution in [1.29, 1.82) is 0 Å². The molecule has 0 saturated heterocycles. The van der Waals surface area contributed by atoms with Gasteiger partial charge in [-0.2, -0.15) is 0 Å². The van der Waals surface area contributed by atoms with Crippen molar-refractivity contribution >= 4 is 6.08 Å². The molecule has 22 heavy (non-hydrogen) atoms. The fourth-order valence-electron chi connectivity index (χ4n) is 2.79. The Labute approximate surface area is 130 Å². The van der Waals surface area contributed by atoms with Crippen molar-refractivity contribution in [3.8, 4) is 0 Å². The summed E-state index contributed by atoms with van der Waals surface area (Å²) in [6.45, 7) is 2.75. The Morgan fingerprint density at radius 2 is 2.23 bits per heavy atom. The predicted octanol–water partition coefficient (Wildman–Crippen LogP) is 3.14. The number of aliphatic hydroxyl groups excluding tert-OH is 1. The third-order valence-corrected chi connectivity index (χ3v) is 4.10. The van der Waals surface area contributed by atoms with Crippen molar-refractivity contribution in [1.82, 2.24) is 10.3 Å². The number of rotatable bonds is 7. The van der Waals surface area contributed by atoms with Crippen LogP contribution in [-0.2, 0) is 13.2 Å². The van der Waals surface area contributed by atoms with Crippen LogP contribution in [0.2, 0.25) is 0 Å². The standard InChI is InChI=1S/C18H22N2O2/c1-2-14(8-13-6-4-3-5-7-13)16-9-17(16)19-10-18-20-15(11-21)12-22-18/h3-8,12,16-17,19,21H,2,9-11H2,1H3/t16?,17-/m0/s1. The maximum absolute atomic E-state index is 8.98. The van der Waals surface area contributed by atoms with Crippen LogP contribution in [-0.4, -0.2) is 16.1 Å². The number of nitrogens with zero attached hydrogens (tertiary/aromatic N) is 1. The molecule has 4 heteroatoms. The Morgan fingerprint density at radius 3 is 2.91 bits per heavy atom. The molecule has 0 aliphatic heterocycles. The molecule has 1 unspecified atom stereocenters. The highest BCUT2D eigenvalue weighted by Gasteiger charge is 2.38. The van der Waals surface area contributed by atoms with E-state index in [0.29, 0.717) is 30.1 Å². The lowest BCUT2D eigenvalue weighted by molar-refractivity contribution is 0.276. The van der Waals surface area contributed by atoms with E-state index in [-0.39, 0.29) is 6.61 Å². The molecule has 1 aromatic carbocycles. The third kappa shape index (κ3) is 3.64. The van der Waals surface area contributed by atoms with Gasteiger partial charge in [0.15, 0.2) is 0 Å². The fourth-order valence-corrected chi connectivity index (χ4v) is 2.79. The molecule has 1 saturated carbocycles. The Kier molecular flexibility index (Phi) is 4.71. The number of benzene rings is 1. The van der Waals surface area contributed by atoms with Crippen LogP contribution in [0.1, 0.15) is 36.9 Å². The molecule has 0 spiro atoms. The minimum Gasteiger partial charge on any atom is -0.447 e. The van der Waals surface area contributed by atoms with Gasteiger partial charge in [-0.05, 0) is 24.3 Å². The maximum Gasteiger partial charge on any atom is 0.208 e. The van der Waals surface area contributed by atoms with Crippen LogP contribution in [0.4, 0.5) is 0 Å². The van der Waals surface area contributed by atoms with E-state index in [9.17, 15) is 0 Å². The third-order valence-electron chi connectivity index (χ3n) is 4.10. The van der Waals surface area contributed by atoms with Crippen molar-refractivity contribution in [2.75, 3.05) is 0 Å². The van der Waals surface area contributed by atoms with Gasteiger partial charge in [-0.1, -0.05) is 48.9 Å². The zero-order chi connectivity index (χ0) is 15.4. The summed E-state index contributed by atoms with van der Waals surface area (Å²) in [4.78, 5) is 4.19. The Balaban J connectivity index is 1.55. The quantitative estimate of drug-likeness (QED) is 0.824. The molecule has 1 aromatic heterocycles. The summed E-state index contributed by atoms with van der Waals surface area (Å²) in [5, 5.41) is 12.5. The van der Waals surface area contributed by atoms with E-state index in [0.717, 1.165) is 6.42 Å². The number of oxazole rings is 1. The molecule has 3 rings (SSSR count). The van der Waals surface area contributed by atoms with E-state index in [4.69, 9.17) is 9.52 Å². The number of hydrogen-bond donors (Lipinski definition) is 2. The summed E-state index contributed by atoms with van der Waals surface area (Å²) in [5.74, 6) is 1.25. The van der Waals surface area contributed by atoms with Crippen molar-refractivity contribution in [3.05, 3.63) is 59.3 Å². The highest BCUT2D eigenvalue weighted by Crippen LogP contribution is 2.39. The number of hydrogen-bond acceptors (Lipinski definition) is 4. The second kappa shape index (κ2) is 6.90. The second-order valence-electron chi connectivity index (χ2n) is 5.70. The SMILES string of the molecule is CCC(=Cc1ccccc1)C1C[C@@H]1NCc1nc(CO)co1. The molecule has 1 aliphatic rings. The smallest absolute Gasteiger partial charge is 0.208 e. The molecule has 4 nitrogen and oxygen atoms in total. The van der Waals surface area contributed by atoms with E-state index < -0.39 is 0 Å². The lowest BCUT2D eigenvalue weighted by atomic mass is 10.0. The maximum atomic E-state index is 8.98. The van der Waals surface area contributed by atoms with Crippen LogP contribution in [0.25, 0.3) is 6.08 Å². The van der Waals surface area contributed by atoms with Crippen molar-refractivity contribution in [2.24, 2.45) is 5.92 Å². The average molecular weight is 298 g/mol. The van der Waals surface area contributed by atoms with Gasteiger partial charge in [0.2, 0.25) is 5.89 Å². The Morgan fingerprint density at radius 1 is 1.41 bits per heavy atom. The summed E-state index contributed by atoms with van der Waals surface area (Å²) in [6.07, 6.45) is 6.06. The monoisotopic (exact) mass is 298 g/mol. The van der Waals surface area contributed by atoms with Crippen molar-refractivity contribution in [3.63, 3.8) is 0 Å². The summed E-state index contributed by atoms with van der Waals surface area (Å²) in [6, 6.07) is 11.0. The van der Waals surface area contributed by atoms with Gasteiger partial charge in [0, 0.05) is 6.04 Å². The topological polar surface area (TPSA) is 58.3 Å². The normalized spacial score (nSPS) is 21.1. The van der Waals surface area contributed by atoms with E-state index >= 15 is 0 Å². The molecule has 0 bridgehead atoms. The van der Waals surface area contributed by atoms with Crippen LogP contribution in [0.15, 0.2) is 46.6 Å². The van der Waals surface area contributed by atoms with E-state index in [1.54, 1.807) is 0 Å². The zero-order valence-corrected chi connectivity index (χ0v) is 12.8. The first-order valence-corrected chi connectivity index (χ1v) is 7.83. The molecule has 2 N–H and O–H groups in total. The number of aromatic nitrogens is 1. The molecule has 116 valence electrons. The van der Waals surface area contributed by atoms with Crippen molar-refractivity contribution in [2.45, 2.75) is 39.0 Å². The van der Waals surface area contributed by atoms with Crippen LogP contribution in [0.3, 0.4) is 0 Å². The summed E-state index contributed by atoms with van der Waals surface area (Å²) >= 11 is 0. The molecule has 1 aliphatic carbocycles. The first-order valence-electron chi connectivity index (χ1n) is 7.83. The number of aliphatic hydroxyl groups is 1. The van der Waals surface area contributed by atoms with E-state index in [2.05, 4.69) is 47.6 Å². The molecular formula is C18H22N2O2.